The molecule has 0 fully saturated rings. The van der Waals surface area contributed by atoms with E-state index < -0.39 is 5.69 Å². The Morgan fingerprint density at radius 2 is 2.06 bits per heavy atom. The highest BCUT2D eigenvalue weighted by Gasteiger charge is 2.04. The summed E-state index contributed by atoms with van der Waals surface area (Å²) in [5.74, 6) is 0.394. The summed E-state index contributed by atoms with van der Waals surface area (Å²) in [5.41, 5.74) is 6.75. The van der Waals surface area contributed by atoms with Gasteiger partial charge in [0, 0.05) is 25.3 Å². The molecule has 0 saturated heterocycles. The molecule has 1 heterocycles. The van der Waals surface area contributed by atoms with Crippen LogP contribution >= 0.6 is 0 Å². The SMILES string of the molecule is CN(C)c1cccc(-c2nc(N)nc(=O)[nH]2)c1. The van der Waals surface area contributed by atoms with Gasteiger partial charge in [-0.15, -0.1) is 0 Å². The zero-order chi connectivity index (χ0) is 12.4. The normalized spacial score (nSPS) is 10.2. The van der Waals surface area contributed by atoms with E-state index in [1.54, 1.807) is 0 Å². The first-order chi connectivity index (χ1) is 8.06. The summed E-state index contributed by atoms with van der Waals surface area (Å²) in [5, 5.41) is 0. The average molecular weight is 231 g/mol. The van der Waals surface area contributed by atoms with Gasteiger partial charge >= 0.3 is 5.69 Å². The molecule has 0 bridgehead atoms. The van der Waals surface area contributed by atoms with Crippen LogP contribution in [0.2, 0.25) is 0 Å². The van der Waals surface area contributed by atoms with Gasteiger partial charge in [0.05, 0.1) is 0 Å². The maximum absolute atomic E-state index is 11.2. The highest BCUT2D eigenvalue weighted by Crippen LogP contribution is 2.20. The van der Waals surface area contributed by atoms with Crippen LogP contribution in [0.5, 0.6) is 0 Å². The number of nitrogens with one attached hydrogen (secondary N) is 1. The summed E-state index contributed by atoms with van der Waals surface area (Å²) < 4.78 is 0. The molecule has 0 amide bonds. The van der Waals surface area contributed by atoms with Crippen LogP contribution in [0.1, 0.15) is 0 Å². The minimum absolute atomic E-state index is 0.0287. The third-order valence-electron chi connectivity index (χ3n) is 2.30. The molecular weight excluding hydrogens is 218 g/mol. The molecule has 2 rings (SSSR count). The van der Waals surface area contributed by atoms with Crippen molar-refractivity contribution in [2.45, 2.75) is 0 Å². The van der Waals surface area contributed by atoms with Crippen molar-refractivity contribution >= 4 is 11.6 Å². The lowest BCUT2D eigenvalue weighted by Gasteiger charge is -2.13. The van der Waals surface area contributed by atoms with Crippen LogP contribution in [-0.2, 0) is 0 Å². The number of rotatable bonds is 2. The van der Waals surface area contributed by atoms with Gasteiger partial charge in [-0.05, 0) is 12.1 Å². The van der Waals surface area contributed by atoms with E-state index in [2.05, 4.69) is 15.0 Å². The van der Waals surface area contributed by atoms with Crippen LogP contribution in [0.3, 0.4) is 0 Å². The number of anilines is 2. The molecule has 6 heteroatoms. The zero-order valence-electron chi connectivity index (χ0n) is 9.64. The second-order valence-corrected chi connectivity index (χ2v) is 3.81. The predicted octanol–water partition coefficient (Wildman–Crippen LogP) is 0.480. The molecule has 0 aliphatic heterocycles. The Morgan fingerprint density at radius 1 is 1.29 bits per heavy atom. The summed E-state index contributed by atoms with van der Waals surface area (Å²) in [6, 6.07) is 7.62. The highest BCUT2D eigenvalue weighted by atomic mass is 16.1. The van der Waals surface area contributed by atoms with Gasteiger partial charge in [-0.25, -0.2) is 4.79 Å². The van der Waals surface area contributed by atoms with Gasteiger partial charge in [-0.2, -0.15) is 9.97 Å². The molecule has 0 spiro atoms. The molecule has 0 aliphatic rings. The Hall–Kier alpha value is -2.37. The summed E-state index contributed by atoms with van der Waals surface area (Å²) >= 11 is 0. The Labute approximate surface area is 98.1 Å². The van der Waals surface area contributed by atoms with Gasteiger partial charge in [-0.3, -0.25) is 4.98 Å². The van der Waals surface area contributed by atoms with E-state index in [9.17, 15) is 4.79 Å². The molecule has 3 N–H and O–H groups in total. The number of nitrogens with two attached hydrogens (primary N) is 1. The van der Waals surface area contributed by atoms with Crippen molar-refractivity contribution in [3.8, 4) is 11.4 Å². The van der Waals surface area contributed by atoms with Crippen molar-refractivity contribution in [1.82, 2.24) is 15.0 Å². The van der Waals surface area contributed by atoms with E-state index in [0.717, 1.165) is 11.3 Å². The van der Waals surface area contributed by atoms with Crippen molar-refractivity contribution in [3.05, 3.63) is 34.7 Å². The number of hydrogen-bond donors (Lipinski definition) is 2. The van der Waals surface area contributed by atoms with Gasteiger partial charge in [-0.1, -0.05) is 12.1 Å². The summed E-state index contributed by atoms with van der Waals surface area (Å²) in [6.45, 7) is 0. The third-order valence-corrected chi connectivity index (χ3v) is 2.30. The fourth-order valence-corrected chi connectivity index (χ4v) is 1.47. The van der Waals surface area contributed by atoms with Crippen molar-refractivity contribution in [3.63, 3.8) is 0 Å². The Kier molecular flexibility index (Phi) is 2.78. The monoisotopic (exact) mass is 231 g/mol. The maximum Gasteiger partial charge on any atom is 0.349 e. The van der Waals surface area contributed by atoms with Crippen molar-refractivity contribution in [1.29, 1.82) is 0 Å². The van der Waals surface area contributed by atoms with Gasteiger partial charge < -0.3 is 10.6 Å². The number of benzene rings is 1. The predicted molar refractivity (Wildman–Crippen MR) is 66.8 cm³/mol. The summed E-state index contributed by atoms with van der Waals surface area (Å²) in [6.07, 6.45) is 0. The first-order valence-corrected chi connectivity index (χ1v) is 5.08. The van der Waals surface area contributed by atoms with Crippen molar-refractivity contribution in [2.24, 2.45) is 0 Å². The molecule has 88 valence electrons. The second-order valence-electron chi connectivity index (χ2n) is 3.81. The Bertz CT molecular complexity index is 590. The molecule has 2 aromatic rings. The van der Waals surface area contributed by atoms with Gasteiger partial charge in [0.1, 0.15) is 5.82 Å². The largest absolute Gasteiger partial charge is 0.378 e. The topological polar surface area (TPSA) is 87.9 Å². The fraction of sp³-hybridized carbons (Fsp3) is 0.182. The van der Waals surface area contributed by atoms with E-state index in [1.165, 1.54) is 0 Å². The second kappa shape index (κ2) is 4.25. The third kappa shape index (κ3) is 2.41. The van der Waals surface area contributed by atoms with Crippen LogP contribution in [0.25, 0.3) is 11.4 Å². The maximum atomic E-state index is 11.2. The quantitative estimate of drug-likeness (QED) is 0.784. The van der Waals surface area contributed by atoms with Crippen molar-refractivity contribution in [2.75, 3.05) is 24.7 Å². The lowest BCUT2D eigenvalue weighted by atomic mass is 10.2. The fourth-order valence-electron chi connectivity index (χ4n) is 1.47. The van der Waals surface area contributed by atoms with Crippen LogP contribution in [-0.4, -0.2) is 29.0 Å². The number of hydrogen-bond acceptors (Lipinski definition) is 5. The lowest BCUT2D eigenvalue weighted by Crippen LogP contribution is -2.15. The zero-order valence-corrected chi connectivity index (χ0v) is 9.64. The Morgan fingerprint density at radius 3 is 2.71 bits per heavy atom. The minimum Gasteiger partial charge on any atom is -0.378 e. The summed E-state index contributed by atoms with van der Waals surface area (Å²) in [4.78, 5) is 23.2. The van der Waals surface area contributed by atoms with Crippen molar-refractivity contribution < 1.29 is 0 Å². The van der Waals surface area contributed by atoms with Gasteiger partial charge in [0.2, 0.25) is 5.95 Å². The molecule has 0 atom stereocenters. The first-order valence-electron chi connectivity index (χ1n) is 5.08. The molecule has 0 radical (unpaired) electrons. The first kappa shape index (κ1) is 11.1. The molecule has 0 unspecified atom stereocenters. The van der Waals surface area contributed by atoms with Gasteiger partial charge in [0.15, 0.2) is 0 Å². The van der Waals surface area contributed by atoms with Crippen LogP contribution in [0.4, 0.5) is 11.6 Å². The highest BCUT2D eigenvalue weighted by molar-refractivity contribution is 5.63. The van der Waals surface area contributed by atoms with E-state index in [4.69, 9.17) is 5.73 Å². The van der Waals surface area contributed by atoms with Gasteiger partial charge in [0.25, 0.3) is 0 Å². The molecular formula is C11H13N5O. The van der Waals surface area contributed by atoms with Crippen LogP contribution < -0.4 is 16.3 Å². The van der Waals surface area contributed by atoms with E-state index in [1.807, 2.05) is 43.3 Å². The van der Waals surface area contributed by atoms with Crippen LogP contribution in [0, 0.1) is 0 Å². The minimum atomic E-state index is -0.497. The number of H-pyrrole nitrogens is 1. The lowest BCUT2D eigenvalue weighted by molar-refractivity contribution is 1.01. The number of aromatic nitrogens is 3. The molecule has 6 nitrogen and oxygen atoms in total. The molecule has 17 heavy (non-hydrogen) atoms. The van der Waals surface area contributed by atoms with Crippen LogP contribution in [0.15, 0.2) is 29.1 Å². The molecule has 0 saturated carbocycles. The molecule has 1 aromatic carbocycles. The Balaban J connectivity index is 2.52. The summed E-state index contributed by atoms with van der Waals surface area (Å²) in [7, 11) is 3.88. The van der Waals surface area contributed by atoms with E-state index >= 15 is 0 Å². The number of nitrogen functional groups attached to an aromatic ring is 1. The standard InChI is InChI=1S/C11H13N5O/c1-16(2)8-5-3-4-7(6-8)9-13-10(12)15-11(17)14-9/h3-6H,1-2H3,(H3,12,13,14,15,17). The van der Waals surface area contributed by atoms with E-state index in [0.29, 0.717) is 5.82 Å². The molecule has 1 aromatic heterocycles. The number of nitrogens with zero attached hydrogens (tertiary/aromatic N) is 3. The number of aromatic amines is 1. The van der Waals surface area contributed by atoms with E-state index in [-0.39, 0.29) is 5.95 Å². The molecule has 0 aliphatic carbocycles. The average Bonchev–Trinajstić information content (AvgIpc) is 2.28. The smallest absolute Gasteiger partial charge is 0.349 e.